The highest BCUT2D eigenvalue weighted by molar-refractivity contribution is 7.89. The van der Waals surface area contributed by atoms with E-state index >= 15 is 0 Å². The third kappa shape index (κ3) is 6.67. The number of benzene rings is 2. The summed E-state index contributed by atoms with van der Waals surface area (Å²) >= 11 is 0. The Morgan fingerprint density at radius 1 is 0.969 bits per heavy atom. The van der Waals surface area contributed by atoms with Gasteiger partial charge in [-0.3, -0.25) is 9.69 Å². The van der Waals surface area contributed by atoms with E-state index in [4.69, 9.17) is 14.6 Å². The van der Waals surface area contributed by atoms with Crippen LogP contribution in [0.4, 0.5) is 5.69 Å². The van der Waals surface area contributed by atoms with Crippen LogP contribution < -0.4 is 19.9 Å². The standard InChI is InChI=1S/C22H30N4O5S/c1-30-20-8-3-17(15-21(20)31-2)16-26-13-11-25(12-14-26)10-9-22(27)24-18-4-6-19(7-5-18)32(23,28)29/h3-8,15H,9-14,16H2,1-2H3,(H,24,27)(H2,23,28,29). The summed E-state index contributed by atoms with van der Waals surface area (Å²) in [5, 5.41) is 7.87. The lowest BCUT2D eigenvalue weighted by molar-refractivity contribution is -0.116. The van der Waals surface area contributed by atoms with Crippen molar-refractivity contribution in [1.82, 2.24) is 9.80 Å². The number of amides is 1. The monoisotopic (exact) mass is 462 g/mol. The molecule has 0 saturated carbocycles. The first-order chi connectivity index (χ1) is 15.3. The molecule has 1 amide bonds. The molecule has 2 aromatic carbocycles. The molecule has 3 N–H and O–H groups in total. The minimum atomic E-state index is -3.74. The van der Waals surface area contributed by atoms with Crippen LogP contribution in [0.5, 0.6) is 11.5 Å². The van der Waals surface area contributed by atoms with Gasteiger partial charge in [0.05, 0.1) is 19.1 Å². The van der Waals surface area contributed by atoms with Crippen LogP contribution in [-0.4, -0.2) is 71.1 Å². The average Bonchev–Trinajstić information content (AvgIpc) is 2.78. The fourth-order valence-corrected chi connectivity index (χ4v) is 4.13. The number of carbonyl (C=O) groups excluding carboxylic acids is 1. The van der Waals surface area contributed by atoms with Gasteiger partial charge in [0.25, 0.3) is 0 Å². The molecule has 9 nitrogen and oxygen atoms in total. The highest BCUT2D eigenvalue weighted by atomic mass is 32.2. The van der Waals surface area contributed by atoms with Gasteiger partial charge in [0.2, 0.25) is 15.9 Å². The van der Waals surface area contributed by atoms with Crippen molar-refractivity contribution < 1.29 is 22.7 Å². The Morgan fingerprint density at radius 3 is 2.19 bits per heavy atom. The first-order valence-electron chi connectivity index (χ1n) is 10.4. The van der Waals surface area contributed by atoms with Crippen molar-refractivity contribution in [2.24, 2.45) is 5.14 Å². The maximum atomic E-state index is 12.2. The Bertz CT molecular complexity index is 1020. The van der Waals surface area contributed by atoms with Crippen LogP contribution >= 0.6 is 0 Å². The summed E-state index contributed by atoms with van der Waals surface area (Å²) in [5.74, 6) is 1.34. The van der Waals surface area contributed by atoms with Crippen molar-refractivity contribution in [2.45, 2.75) is 17.9 Å². The van der Waals surface area contributed by atoms with Crippen LogP contribution in [0.2, 0.25) is 0 Å². The molecule has 0 atom stereocenters. The van der Waals surface area contributed by atoms with Gasteiger partial charge in [-0.25, -0.2) is 13.6 Å². The van der Waals surface area contributed by atoms with Crippen LogP contribution in [-0.2, 0) is 21.4 Å². The summed E-state index contributed by atoms with van der Waals surface area (Å²) in [5.41, 5.74) is 1.71. The summed E-state index contributed by atoms with van der Waals surface area (Å²) in [6.07, 6.45) is 0.368. The van der Waals surface area contributed by atoms with E-state index in [-0.39, 0.29) is 10.8 Å². The van der Waals surface area contributed by atoms with Crippen molar-refractivity contribution in [2.75, 3.05) is 52.3 Å². The molecule has 2 aromatic rings. The van der Waals surface area contributed by atoms with Crippen LogP contribution in [0.1, 0.15) is 12.0 Å². The molecule has 32 heavy (non-hydrogen) atoms. The SMILES string of the molecule is COc1ccc(CN2CCN(CCC(=O)Nc3ccc(S(N)(=O)=O)cc3)CC2)cc1OC. The Balaban J connectivity index is 1.41. The Hall–Kier alpha value is -2.66. The van der Waals surface area contributed by atoms with Gasteiger partial charge in [0, 0.05) is 51.4 Å². The van der Waals surface area contributed by atoms with E-state index in [9.17, 15) is 13.2 Å². The van der Waals surface area contributed by atoms with E-state index in [1.165, 1.54) is 29.8 Å². The molecule has 1 aliphatic heterocycles. The fourth-order valence-electron chi connectivity index (χ4n) is 3.62. The summed E-state index contributed by atoms with van der Waals surface area (Å²) in [6, 6.07) is 11.8. The molecule has 0 unspecified atom stereocenters. The van der Waals surface area contributed by atoms with Crippen LogP contribution in [0.25, 0.3) is 0 Å². The lowest BCUT2D eigenvalue weighted by atomic mass is 10.1. The molecule has 0 aromatic heterocycles. The zero-order valence-electron chi connectivity index (χ0n) is 18.4. The van der Waals surface area contributed by atoms with Crippen LogP contribution in [0.15, 0.2) is 47.4 Å². The maximum absolute atomic E-state index is 12.2. The second kappa shape index (κ2) is 10.8. The fraction of sp³-hybridized carbons (Fsp3) is 0.409. The minimum Gasteiger partial charge on any atom is -0.493 e. The van der Waals surface area contributed by atoms with Crippen molar-refractivity contribution >= 4 is 21.6 Å². The molecule has 1 saturated heterocycles. The lowest BCUT2D eigenvalue weighted by Gasteiger charge is -2.34. The number of hydrogen-bond acceptors (Lipinski definition) is 7. The summed E-state index contributed by atoms with van der Waals surface area (Å²) in [7, 11) is -0.478. The molecule has 174 valence electrons. The molecule has 1 heterocycles. The number of primary sulfonamides is 1. The zero-order chi connectivity index (χ0) is 23.1. The normalized spacial score (nSPS) is 15.3. The Labute approximate surface area is 189 Å². The number of anilines is 1. The van der Waals surface area contributed by atoms with Gasteiger partial charge in [0.1, 0.15) is 0 Å². The topological polar surface area (TPSA) is 114 Å². The smallest absolute Gasteiger partial charge is 0.238 e. The third-order valence-electron chi connectivity index (χ3n) is 5.44. The lowest BCUT2D eigenvalue weighted by Crippen LogP contribution is -2.46. The quantitative estimate of drug-likeness (QED) is 0.580. The van der Waals surface area contributed by atoms with Crippen molar-refractivity contribution in [3.63, 3.8) is 0 Å². The van der Waals surface area contributed by atoms with Gasteiger partial charge in [-0.1, -0.05) is 6.07 Å². The van der Waals surface area contributed by atoms with E-state index in [0.29, 0.717) is 18.7 Å². The van der Waals surface area contributed by atoms with Gasteiger partial charge in [-0.2, -0.15) is 0 Å². The zero-order valence-corrected chi connectivity index (χ0v) is 19.2. The number of hydrogen-bond donors (Lipinski definition) is 2. The van der Waals surface area contributed by atoms with Crippen LogP contribution in [0, 0.1) is 0 Å². The Kier molecular flexibility index (Phi) is 8.08. The van der Waals surface area contributed by atoms with E-state index < -0.39 is 10.0 Å². The number of sulfonamides is 1. The van der Waals surface area contributed by atoms with Crippen molar-refractivity contribution in [3.05, 3.63) is 48.0 Å². The molecule has 0 spiro atoms. The van der Waals surface area contributed by atoms with Gasteiger partial charge < -0.3 is 19.7 Å². The number of nitrogens with two attached hydrogens (primary N) is 1. The highest BCUT2D eigenvalue weighted by Crippen LogP contribution is 2.28. The van der Waals surface area contributed by atoms with Gasteiger partial charge >= 0.3 is 0 Å². The molecule has 3 rings (SSSR count). The molecule has 0 aliphatic carbocycles. The Morgan fingerprint density at radius 2 is 1.59 bits per heavy atom. The molecule has 1 fully saturated rings. The largest absolute Gasteiger partial charge is 0.493 e. The number of carbonyl (C=O) groups is 1. The molecule has 0 bridgehead atoms. The number of methoxy groups -OCH3 is 2. The highest BCUT2D eigenvalue weighted by Gasteiger charge is 2.18. The average molecular weight is 463 g/mol. The van der Waals surface area contributed by atoms with E-state index in [1.54, 1.807) is 14.2 Å². The number of rotatable bonds is 9. The third-order valence-corrected chi connectivity index (χ3v) is 6.37. The maximum Gasteiger partial charge on any atom is 0.238 e. The summed E-state index contributed by atoms with van der Waals surface area (Å²) in [6.45, 7) is 5.14. The van der Waals surface area contributed by atoms with Crippen molar-refractivity contribution in [1.29, 1.82) is 0 Å². The number of ether oxygens (including phenoxy) is 2. The van der Waals surface area contributed by atoms with Crippen LogP contribution in [0.3, 0.4) is 0 Å². The first-order valence-corrected chi connectivity index (χ1v) is 11.9. The van der Waals surface area contributed by atoms with E-state index in [1.807, 2.05) is 18.2 Å². The van der Waals surface area contributed by atoms with Gasteiger partial charge in [-0.05, 0) is 42.0 Å². The van der Waals surface area contributed by atoms with E-state index in [2.05, 4.69) is 15.1 Å². The second-order valence-electron chi connectivity index (χ2n) is 7.67. The second-order valence-corrected chi connectivity index (χ2v) is 9.24. The molecule has 0 radical (unpaired) electrons. The summed E-state index contributed by atoms with van der Waals surface area (Å²) < 4.78 is 33.3. The minimum absolute atomic E-state index is 0.0152. The molecular formula is C22H30N4O5S. The summed E-state index contributed by atoms with van der Waals surface area (Å²) in [4.78, 5) is 16.9. The molecule has 10 heteroatoms. The predicted octanol–water partition coefficient (Wildman–Crippen LogP) is 1.50. The van der Waals surface area contributed by atoms with Gasteiger partial charge in [0.15, 0.2) is 11.5 Å². The number of nitrogens with zero attached hydrogens (tertiary/aromatic N) is 2. The van der Waals surface area contributed by atoms with E-state index in [0.717, 1.165) is 44.2 Å². The number of nitrogens with one attached hydrogen (secondary N) is 1. The predicted molar refractivity (Wildman–Crippen MR) is 122 cm³/mol. The first kappa shape index (κ1) is 24.0. The molecule has 1 aliphatic rings. The van der Waals surface area contributed by atoms with Crippen molar-refractivity contribution in [3.8, 4) is 11.5 Å². The number of piperazine rings is 1. The molecular weight excluding hydrogens is 432 g/mol. The van der Waals surface area contributed by atoms with Gasteiger partial charge in [-0.15, -0.1) is 0 Å².